The van der Waals surface area contributed by atoms with E-state index in [0.29, 0.717) is 5.56 Å². The van der Waals surface area contributed by atoms with Crippen molar-refractivity contribution in [1.29, 1.82) is 0 Å². The number of benzene rings is 1. The van der Waals surface area contributed by atoms with Gasteiger partial charge in [-0.3, -0.25) is 4.79 Å². The van der Waals surface area contributed by atoms with Gasteiger partial charge in [-0.05, 0) is 38.1 Å². The van der Waals surface area contributed by atoms with Crippen molar-refractivity contribution in [2.24, 2.45) is 0 Å². The van der Waals surface area contributed by atoms with Crippen LogP contribution in [-0.2, 0) is 11.0 Å². The molecule has 2 aromatic heterocycles. The van der Waals surface area contributed by atoms with Crippen molar-refractivity contribution in [3.63, 3.8) is 0 Å². The number of amides is 1. The monoisotopic (exact) mass is 472 g/mol. The smallest absolute Gasteiger partial charge is 0.433 e. The van der Waals surface area contributed by atoms with E-state index in [4.69, 9.17) is 4.74 Å². The van der Waals surface area contributed by atoms with E-state index < -0.39 is 29.6 Å². The van der Waals surface area contributed by atoms with Gasteiger partial charge in [0.1, 0.15) is 11.4 Å². The summed E-state index contributed by atoms with van der Waals surface area (Å²) in [6.45, 7) is 3.01. The number of carbonyl (C=O) groups excluding carboxylic acids is 1. The Morgan fingerprint density at radius 1 is 1.03 bits per heavy atom. The predicted molar refractivity (Wildman–Crippen MR) is 107 cm³/mol. The van der Waals surface area contributed by atoms with Crippen LogP contribution in [0.1, 0.15) is 26.5 Å². The first-order chi connectivity index (χ1) is 15.2. The third-order valence-corrected chi connectivity index (χ3v) is 4.48. The number of hydrogen-bond acceptors (Lipinski definition) is 4. The van der Waals surface area contributed by atoms with Gasteiger partial charge in [-0.2, -0.15) is 26.3 Å². The van der Waals surface area contributed by atoms with E-state index in [9.17, 15) is 31.1 Å². The van der Waals surface area contributed by atoms with E-state index in [1.165, 1.54) is 35.9 Å². The fourth-order valence-corrected chi connectivity index (χ4v) is 2.78. The lowest BCUT2D eigenvalue weighted by Crippen LogP contribution is -2.44. The molecular weight excluding hydrogens is 454 g/mol. The van der Waals surface area contributed by atoms with Crippen molar-refractivity contribution in [3.8, 4) is 22.7 Å². The van der Waals surface area contributed by atoms with E-state index >= 15 is 0 Å². The highest BCUT2D eigenvalue weighted by molar-refractivity contribution is 5.88. The maximum absolute atomic E-state index is 13.2. The predicted octanol–water partition coefficient (Wildman–Crippen LogP) is 5.63. The fourth-order valence-electron chi connectivity index (χ4n) is 2.78. The van der Waals surface area contributed by atoms with Crippen LogP contribution in [0.4, 0.5) is 32.2 Å². The third-order valence-electron chi connectivity index (χ3n) is 4.48. The first-order valence-corrected chi connectivity index (χ1v) is 9.45. The van der Waals surface area contributed by atoms with Gasteiger partial charge in [-0.15, -0.1) is 5.10 Å². The van der Waals surface area contributed by atoms with Crippen LogP contribution in [0.25, 0.3) is 16.9 Å². The van der Waals surface area contributed by atoms with Crippen molar-refractivity contribution in [3.05, 3.63) is 54.4 Å². The van der Waals surface area contributed by atoms with Crippen molar-refractivity contribution in [2.45, 2.75) is 38.7 Å². The van der Waals surface area contributed by atoms with Crippen molar-refractivity contribution in [2.75, 3.05) is 5.32 Å². The summed E-state index contributed by atoms with van der Waals surface area (Å²) in [5.41, 5.74) is -2.82. The van der Waals surface area contributed by atoms with Gasteiger partial charge in [-0.1, -0.05) is 12.1 Å². The molecule has 3 aromatic rings. The van der Waals surface area contributed by atoms with Gasteiger partial charge >= 0.3 is 12.4 Å². The van der Waals surface area contributed by atoms with Crippen molar-refractivity contribution < 1.29 is 35.9 Å². The van der Waals surface area contributed by atoms with Gasteiger partial charge < -0.3 is 10.1 Å². The molecule has 0 saturated carbocycles. The SMILES string of the molecule is CC(=O)Nc1cc(-c2cccc(OC(C)(C)C(F)(F)F)c2)n(-c2ccc(C(F)(F)F)nc2)n1. The lowest BCUT2D eigenvalue weighted by molar-refractivity contribution is -0.234. The number of alkyl halides is 6. The first-order valence-electron chi connectivity index (χ1n) is 9.45. The Balaban J connectivity index is 2.06. The molecule has 0 aliphatic carbocycles. The molecule has 0 fully saturated rings. The molecule has 0 radical (unpaired) electrons. The Labute approximate surface area is 184 Å². The Hall–Kier alpha value is -3.57. The van der Waals surface area contributed by atoms with Crippen LogP contribution >= 0.6 is 0 Å². The number of hydrogen-bond donors (Lipinski definition) is 1. The minimum atomic E-state index is -4.64. The first kappa shape index (κ1) is 24.1. The highest BCUT2D eigenvalue weighted by atomic mass is 19.4. The number of carbonyl (C=O) groups is 1. The minimum absolute atomic E-state index is 0.0827. The van der Waals surface area contributed by atoms with Crippen LogP contribution in [0, 0.1) is 0 Å². The number of ether oxygens (including phenoxy) is 1. The molecule has 0 aliphatic heterocycles. The van der Waals surface area contributed by atoms with Crippen LogP contribution in [0.3, 0.4) is 0 Å². The van der Waals surface area contributed by atoms with Crippen LogP contribution in [-0.4, -0.2) is 32.4 Å². The molecule has 1 amide bonds. The second kappa shape index (κ2) is 8.41. The standard InChI is InChI=1S/C21H18F6N4O2/c1-12(32)29-18-10-16(31(30-18)14-7-8-17(28-11-14)20(22,23)24)13-5-4-6-15(9-13)33-19(2,3)21(25,26)27/h4-11H,1-3H3,(H,29,30,32). The number of nitrogens with zero attached hydrogens (tertiary/aromatic N) is 3. The number of nitrogens with one attached hydrogen (secondary N) is 1. The Kier molecular flexibility index (Phi) is 6.14. The van der Waals surface area contributed by atoms with Gasteiger partial charge in [0.05, 0.1) is 17.6 Å². The highest BCUT2D eigenvalue weighted by Crippen LogP contribution is 2.36. The zero-order valence-electron chi connectivity index (χ0n) is 17.5. The van der Waals surface area contributed by atoms with E-state index in [0.717, 1.165) is 32.2 Å². The maximum atomic E-state index is 13.2. The molecule has 0 spiro atoms. The van der Waals surface area contributed by atoms with Crippen LogP contribution in [0.5, 0.6) is 5.75 Å². The number of anilines is 1. The van der Waals surface area contributed by atoms with E-state index in [1.54, 1.807) is 6.07 Å². The van der Waals surface area contributed by atoms with E-state index in [-0.39, 0.29) is 22.9 Å². The summed E-state index contributed by atoms with van der Waals surface area (Å²) in [4.78, 5) is 14.8. The molecule has 2 heterocycles. The van der Waals surface area contributed by atoms with Crippen molar-refractivity contribution in [1.82, 2.24) is 14.8 Å². The summed E-state index contributed by atoms with van der Waals surface area (Å²) >= 11 is 0. The molecule has 1 aromatic carbocycles. The van der Waals surface area contributed by atoms with E-state index in [1.807, 2.05) is 0 Å². The molecule has 176 valence electrons. The zero-order valence-corrected chi connectivity index (χ0v) is 17.5. The summed E-state index contributed by atoms with van der Waals surface area (Å²) < 4.78 is 84.5. The van der Waals surface area contributed by atoms with Crippen LogP contribution < -0.4 is 10.1 Å². The summed E-state index contributed by atoms with van der Waals surface area (Å²) in [5, 5.41) is 6.64. The largest absolute Gasteiger partial charge is 0.478 e. The number of aromatic nitrogens is 3. The van der Waals surface area contributed by atoms with Gasteiger partial charge in [-0.25, -0.2) is 9.67 Å². The molecule has 12 heteroatoms. The lowest BCUT2D eigenvalue weighted by Gasteiger charge is -2.29. The number of rotatable bonds is 5. The van der Waals surface area contributed by atoms with Gasteiger partial charge in [0.25, 0.3) is 0 Å². The molecule has 0 aliphatic rings. The zero-order chi connectivity index (χ0) is 24.6. The fraction of sp³-hybridized carbons (Fsp3) is 0.286. The molecule has 33 heavy (non-hydrogen) atoms. The minimum Gasteiger partial charge on any atom is -0.478 e. The number of halogens is 6. The van der Waals surface area contributed by atoms with E-state index in [2.05, 4.69) is 15.4 Å². The molecule has 0 atom stereocenters. The van der Waals surface area contributed by atoms with Crippen molar-refractivity contribution >= 4 is 11.7 Å². The summed E-state index contributed by atoms with van der Waals surface area (Å²) in [7, 11) is 0. The normalized spacial score (nSPS) is 12.5. The highest BCUT2D eigenvalue weighted by Gasteiger charge is 2.49. The van der Waals surface area contributed by atoms with Gasteiger partial charge in [0, 0.05) is 18.6 Å². The summed E-state index contributed by atoms with van der Waals surface area (Å²) in [6, 6.07) is 9.00. The Morgan fingerprint density at radius 2 is 1.73 bits per heavy atom. The lowest BCUT2D eigenvalue weighted by atomic mass is 10.1. The topological polar surface area (TPSA) is 69.0 Å². The Morgan fingerprint density at radius 3 is 2.27 bits per heavy atom. The Bertz CT molecular complexity index is 1150. The molecular formula is C21H18F6N4O2. The molecule has 3 rings (SSSR count). The van der Waals surface area contributed by atoms with Gasteiger partial charge in [0.15, 0.2) is 11.4 Å². The third kappa shape index (κ3) is 5.44. The molecule has 0 unspecified atom stereocenters. The molecule has 1 N–H and O–H groups in total. The average Bonchev–Trinajstić information content (AvgIpc) is 3.09. The second-order valence-corrected chi connectivity index (χ2v) is 7.55. The second-order valence-electron chi connectivity index (χ2n) is 7.55. The molecule has 0 saturated heterocycles. The summed E-state index contributed by atoms with van der Waals surface area (Å²) in [6.07, 6.45) is -8.32. The van der Waals surface area contributed by atoms with Gasteiger partial charge in [0.2, 0.25) is 5.91 Å². The maximum Gasteiger partial charge on any atom is 0.433 e. The molecule has 0 bridgehead atoms. The average molecular weight is 472 g/mol. The van der Waals surface area contributed by atoms with Crippen LogP contribution in [0.2, 0.25) is 0 Å². The quantitative estimate of drug-likeness (QED) is 0.489. The molecule has 6 nitrogen and oxygen atoms in total. The van der Waals surface area contributed by atoms with Crippen LogP contribution in [0.15, 0.2) is 48.7 Å². The summed E-state index contributed by atoms with van der Waals surface area (Å²) in [5.74, 6) is -0.450. The number of pyridine rings is 1.